The van der Waals surface area contributed by atoms with Crippen LogP contribution in [0.5, 0.6) is 5.88 Å². The van der Waals surface area contributed by atoms with Gasteiger partial charge in [0.25, 0.3) is 0 Å². The molecule has 1 heterocycles. The molecule has 0 aromatic carbocycles. The Hall–Kier alpha value is -1.16. The Morgan fingerprint density at radius 1 is 1.64 bits per heavy atom. The average Bonchev–Trinajstić information content (AvgIpc) is 2.99. The van der Waals surface area contributed by atoms with Gasteiger partial charge in [-0.15, -0.1) is 0 Å². The van der Waals surface area contributed by atoms with E-state index in [1.54, 1.807) is 18.3 Å². The van der Waals surface area contributed by atoms with E-state index in [1.807, 2.05) is 0 Å². The van der Waals surface area contributed by atoms with Crippen molar-refractivity contribution in [1.82, 2.24) is 4.98 Å². The summed E-state index contributed by atoms with van der Waals surface area (Å²) in [6, 6.07) is 3.57. The molecule has 0 saturated heterocycles. The van der Waals surface area contributed by atoms with E-state index in [-0.39, 0.29) is 0 Å². The number of nitrogens with two attached hydrogens (primary N) is 1. The molecule has 1 aromatic rings. The first kappa shape index (κ1) is 9.40. The van der Waals surface area contributed by atoms with E-state index in [9.17, 15) is 0 Å². The number of ether oxygens (including phenoxy) is 1. The van der Waals surface area contributed by atoms with Crippen molar-refractivity contribution in [2.24, 2.45) is 11.7 Å². The molecule has 2 rings (SSSR count). The van der Waals surface area contributed by atoms with Crippen molar-refractivity contribution in [3.05, 3.63) is 23.9 Å². The van der Waals surface area contributed by atoms with Gasteiger partial charge in [-0.2, -0.15) is 0 Å². The van der Waals surface area contributed by atoms with Crippen LogP contribution in [0.2, 0.25) is 0 Å². The van der Waals surface area contributed by atoms with Crippen LogP contribution in [-0.2, 0) is 0 Å². The summed E-state index contributed by atoms with van der Waals surface area (Å²) in [7, 11) is 0. The second-order valence-corrected chi connectivity index (χ2v) is 3.94. The predicted octanol–water partition coefficient (Wildman–Crippen LogP) is 1.50. The van der Waals surface area contributed by atoms with Crippen LogP contribution in [0.1, 0.15) is 18.4 Å². The monoisotopic (exact) mass is 208 g/mol. The van der Waals surface area contributed by atoms with E-state index in [2.05, 4.69) is 4.98 Å². The topological polar surface area (TPSA) is 48.1 Å². The Balaban J connectivity index is 2.01. The Bertz CT molecular complexity index is 350. The molecule has 1 aromatic heterocycles. The highest BCUT2D eigenvalue weighted by Crippen LogP contribution is 2.29. The molecule has 0 aliphatic heterocycles. The lowest BCUT2D eigenvalue weighted by Gasteiger charge is -2.04. The van der Waals surface area contributed by atoms with Gasteiger partial charge in [0.1, 0.15) is 4.99 Å². The Morgan fingerprint density at radius 2 is 2.43 bits per heavy atom. The molecule has 74 valence electrons. The molecule has 2 N–H and O–H groups in total. The van der Waals surface area contributed by atoms with Gasteiger partial charge in [0.2, 0.25) is 5.88 Å². The zero-order valence-electron chi connectivity index (χ0n) is 7.77. The van der Waals surface area contributed by atoms with Crippen molar-refractivity contribution in [3.8, 4) is 5.88 Å². The number of aromatic nitrogens is 1. The molecule has 0 radical (unpaired) electrons. The fourth-order valence-corrected chi connectivity index (χ4v) is 1.26. The van der Waals surface area contributed by atoms with Gasteiger partial charge in [0.15, 0.2) is 0 Å². The zero-order valence-corrected chi connectivity index (χ0v) is 8.59. The molecular formula is C10H12N2OS. The van der Waals surface area contributed by atoms with Gasteiger partial charge < -0.3 is 10.5 Å². The van der Waals surface area contributed by atoms with Gasteiger partial charge >= 0.3 is 0 Å². The predicted molar refractivity (Wildman–Crippen MR) is 58.3 cm³/mol. The summed E-state index contributed by atoms with van der Waals surface area (Å²) in [4.78, 5) is 4.46. The van der Waals surface area contributed by atoms with Crippen LogP contribution in [0.3, 0.4) is 0 Å². The highest BCUT2D eigenvalue weighted by Gasteiger charge is 2.22. The summed E-state index contributed by atoms with van der Waals surface area (Å²) in [5.74, 6) is 1.34. The van der Waals surface area contributed by atoms with Gasteiger partial charge in [-0.25, -0.2) is 4.98 Å². The summed E-state index contributed by atoms with van der Waals surface area (Å²) in [6.45, 7) is 0.758. The van der Waals surface area contributed by atoms with E-state index >= 15 is 0 Å². The fraction of sp³-hybridized carbons (Fsp3) is 0.400. The van der Waals surface area contributed by atoms with Crippen LogP contribution >= 0.6 is 12.2 Å². The van der Waals surface area contributed by atoms with E-state index in [0.717, 1.165) is 18.1 Å². The van der Waals surface area contributed by atoms with Gasteiger partial charge in [0.05, 0.1) is 6.61 Å². The molecule has 0 unspecified atom stereocenters. The molecule has 0 atom stereocenters. The van der Waals surface area contributed by atoms with Crippen LogP contribution in [0, 0.1) is 5.92 Å². The van der Waals surface area contributed by atoms with Crippen LogP contribution in [0.15, 0.2) is 18.3 Å². The molecule has 1 aliphatic rings. The van der Waals surface area contributed by atoms with Crippen LogP contribution in [0.25, 0.3) is 0 Å². The molecule has 1 aliphatic carbocycles. The molecule has 14 heavy (non-hydrogen) atoms. The largest absolute Gasteiger partial charge is 0.477 e. The average molecular weight is 208 g/mol. The maximum Gasteiger partial charge on any atom is 0.213 e. The lowest BCUT2D eigenvalue weighted by atomic mass is 10.3. The smallest absolute Gasteiger partial charge is 0.213 e. The van der Waals surface area contributed by atoms with Gasteiger partial charge in [-0.1, -0.05) is 12.2 Å². The number of nitrogens with zero attached hydrogens (tertiary/aromatic N) is 1. The van der Waals surface area contributed by atoms with E-state index in [0.29, 0.717) is 10.9 Å². The molecular weight excluding hydrogens is 196 g/mol. The third-order valence-electron chi connectivity index (χ3n) is 2.18. The van der Waals surface area contributed by atoms with Gasteiger partial charge in [-0.05, 0) is 24.8 Å². The number of rotatable bonds is 4. The van der Waals surface area contributed by atoms with Crippen molar-refractivity contribution in [3.63, 3.8) is 0 Å². The minimum absolute atomic E-state index is 0.378. The summed E-state index contributed by atoms with van der Waals surface area (Å²) in [5, 5.41) is 0. The molecule has 1 fully saturated rings. The lowest BCUT2D eigenvalue weighted by Crippen LogP contribution is -2.10. The highest BCUT2D eigenvalue weighted by atomic mass is 32.1. The first-order valence-corrected chi connectivity index (χ1v) is 5.05. The van der Waals surface area contributed by atoms with E-state index < -0.39 is 0 Å². The van der Waals surface area contributed by atoms with Crippen molar-refractivity contribution >= 4 is 17.2 Å². The number of pyridine rings is 1. The zero-order chi connectivity index (χ0) is 9.97. The SMILES string of the molecule is NC(=S)c1ccnc(OCC2CC2)c1. The second-order valence-electron chi connectivity index (χ2n) is 3.50. The molecule has 4 heteroatoms. The van der Waals surface area contributed by atoms with Crippen LogP contribution in [-0.4, -0.2) is 16.6 Å². The molecule has 0 amide bonds. The van der Waals surface area contributed by atoms with Gasteiger partial charge in [0, 0.05) is 17.8 Å². The maximum absolute atomic E-state index is 5.50. The molecule has 1 saturated carbocycles. The third-order valence-corrected chi connectivity index (χ3v) is 2.42. The molecule has 0 bridgehead atoms. The van der Waals surface area contributed by atoms with Crippen molar-refractivity contribution < 1.29 is 4.74 Å². The van der Waals surface area contributed by atoms with Crippen molar-refractivity contribution in [2.75, 3.05) is 6.61 Å². The Kier molecular flexibility index (Phi) is 2.63. The van der Waals surface area contributed by atoms with Crippen molar-refractivity contribution in [2.45, 2.75) is 12.8 Å². The van der Waals surface area contributed by atoms with Crippen LogP contribution < -0.4 is 10.5 Å². The number of hydrogen-bond acceptors (Lipinski definition) is 3. The highest BCUT2D eigenvalue weighted by molar-refractivity contribution is 7.80. The van der Waals surface area contributed by atoms with E-state index in [4.69, 9.17) is 22.7 Å². The third kappa shape index (κ3) is 2.42. The summed E-state index contributed by atoms with van der Waals surface area (Å²) in [5.41, 5.74) is 6.31. The second kappa shape index (κ2) is 3.92. The Labute approximate surface area is 88.3 Å². The minimum Gasteiger partial charge on any atom is -0.477 e. The number of hydrogen-bond donors (Lipinski definition) is 1. The summed E-state index contributed by atoms with van der Waals surface area (Å²) < 4.78 is 5.49. The molecule has 3 nitrogen and oxygen atoms in total. The standard InChI is InChI=1S/C10H12N2OS/c11-10(14)8-3-4-12-9(5-8)13-6-7-1-2-7/h3-5,7H,1-2,6H2,(H2,11,14). The van der Waals surface area contributed by atoms with Crippen LogP contribution in [0.4, 0.5) is 0 Å². The maximum atomic E-state index is 5.50. The first-order chi connectivity index (χ1) is 6.75. The normalized spacial score (nSPS) is 15.1. The minimum atomic E-state index is 0.378. The summed E-state index contributed by atoms with van der Waals surface area (Å²) >= 11 is 4.86. The summed E-state index contributed by atoms with van der Waals surface area (Å²) in [6.07, 6.45) is 4.21. The fourth-order valence-electron chi connectivity index (χ4n) is 1.13. The van der Waals surface area contributed by atoms with Crippen molar-refractivity contribution in [1.29, 1.82) is 0 Å². The first-order valence-electron chi connectivity index (χ1n) is 4.64. The lowest BCUT2D eigenvalue weighted by molar-refractivity contribution is 0.288. The van der Waals surface area contributed by atoms with E-state index in [1.165, 1.54) is 12.8 Å². The Morgan fingerprint density at radius 3 is 3.07 bits per heavy atom. The quantitative estimate of drug-likeness (QED) is 0.762. The van der Waals surface area contributed by atoms with Gasteiger partial charge in [-0.3, -0.25) is 0 Å². The number of thiocarbonyl (C=S) groups is 1. The molecule has 0 spiro atoms.